The maximum Gasteiger partial charge on any atom is 0.243 e. The van der Waals surface area contributed by atoms with Crippen LogP contribution in [0.15, 0.2) is 48.5 Å². The maximum atomic E-state index is 13.5. The highest BCUT2D eigenvalue weighted by Gasteiger charge is 2.29. The van der Waals surface area contributed by atoms with E-state index in [0.29, 0.717) is 29.5 Å². The van der Waals surface area contributed by atoms with Gasteiger partial charge in [0.2, 0.25) is 21.8 Å². The van der Waals surface area contributed by atoms with Crippen molar-refractivity contribution >= 4 is 39.1 Å². The van der Waals surface area contributed by atoms with E-state index in [2.05, 4.69) is 5.32 Å². The summed E-state index contributed by atoms with van der Waals surface area (Å²) >= 11 is 6.38. The van der Waals surface area contributed by atoms with Crippen LogP contribution in [0.3, 0.4) is 0 Å². The van der Waals surface area contributed by atoms with Gasteiger partial charge in [0.05, 0.1) is 18.6 Å². The van der Waals surface area contributed by atoms with Crippen LogP contribution < -0.4 is 14.4 Å². The summed E-state index contributed by atoms with van der Waals surface area (Å²) in [7, 11) is -3.58. The fourth-order valence-electron chi connectivity index (χ4n) is 4.05. The van der Waals surface area contributed by atoms with Crippen molar-refractivity contribution in [2.45, 2.75) is 72.0 Å². The molecule has 2 aromatic carbocycles. The van der Waals surface area contributed by atoms with E-state index in [1.54, 1.807) is 35.2 Å². The minimum atomic E-state index is -3.58. The molecule has 0 spiro atoms. The monoisotopic (exact) mass is 565 g/mol. The number of halogens is 1. The predicted molar refractivity (Wildman–Crippen MR) is 153 cm³/mol. The molecule has 0 saturated carbocycles. The number of amides is 2. The largest absolute Gasteiger partial charge is 0.494 e. The van der Waals surface area contributed by atoms with Crippen LogP contribution in [0, 0.1) is 0 Å². The summed E-state index contributed by atoms with van der Waals surface area (Å²) in [5, 5.41) is 3.50. The molecule has 2 atom stereocenters. The van der Waals surface area contributed by atoms with Crippen LogP contribution >= 0.6 is 11.6 Å². The third-order valence-electron chi connectivity index (χ3n) is 6.27. The molecule has 0 radical (unpaired) electrons. The highest BCUT2D eigenvalue weighted by atomic mass is 35.5. The van der Waals surface area contributed by atoms with Gasteiger partial charge in [0, 0.05) is 30.6 Å². The van der Waals surface area contributed by atoms with Gasteiger partial charge < -0.3 is 15.0 Å². The molecule has 210 valence electrons. The molecule has 0 aliphatic carbocycles. The van der Waals surface area contributed by atoms with Crippen molar-refractivity contribution in [2.24, 2.45) is 0 Å². The van der Waals surface area contributed by atoms with Gasteiger partial charge in [0.15, 0.2) is 0 Å². The molecule has 0 unspecified atom stereocenters. The minimum absolute atomic E-state index is 0.0220. The quantitative estimate of drug-likeness (QED) is 0.327. The average Bonchev–Trinajstić information content (AvgIpc) is 2.87. The van der Waals surface area contributed by atoms with Crippen LogP contribution in [0.2, 0.25) is 5.02 Å². The van der Waals surface area contributed by atoms with Gasteiger partial charge >= 0.3 is 0 Å². The Morgan fingerprint density at radius 3 is 2.24 bits per heavy atom. The van der Waals surface area contributed by atoms with Gasteiger partial charge in [-0.3, -0.25) is 13.9 Å². The zero-order chi connectivity index (χ0) is 28.3. The van der Waals surface area contributed by atoms with Crippen molar-refractivity contribution in [1.82, 2.24) is 10.2 Å². The second kappa shape index (κ2) is 15.0. The van der Waals surface area contributed by atoms with E-state index in [0.717, 1.165) is 18.2 Å². The number of ether oxygens (including phenoxy) is 1. The van der Waals surface area contributed by atoms with Gasteiger partial charge in [0.1, 0.15) is 11.8 Å². The number of rotatable bonds is 15. The third-order valence-corrected chi connectivity index (χ3v) is 7.84. The number of nitrogens with zero attached hydrogens (tertiary/aromatic N) is 2. The molecule has 0 aromatic heterocycles. The van der Waals surface area contributed by atoms with Crippen LogP contribution in [-0.4, -0.2) is 56.6 Å². The molecule has 8 nitrogen and oxygen atoms in total. The topological polar surface area (TPSA) is 96.0 Å². The van der Waals surface area contributed by atoms with Crippen LogP contribution in [-0.2, 0) is 26.2 Å². The van der Waals surface area contributed by atoms with Gasteiger partial charge in [0.25, 0.3) is 0 Å². The standard InChI is InChI=1S/C28H40ClN3O5S/c1-6-21(4)30-28(34)26(7-2)31(20-22-12-9-10-13-25(22)29)27(33)14-11-19-32(38(5,35)36)23-15-17-24(18-16-23)37-8-3/h9-10,12-13,15-18,21,26H,6-8,11,14,19-20H2,1-5H3,(H,30,34)/t21-,26+/m0/s1. The number of benzene rings is 2. The first kappa shape index (κ1) is 31.4. The highest BCUT2D eigenvalue weighted by Crippen LogP contribution is 2.24. The molecule has 0 bridgehead atoms. The third kappa shape index (κ3) is 9.20. The summed E-state index contributed by atoms with van der Waals surface area (Å²) in [6, 6.07) is 13.3. The lowest BCUT2D eigenvalue weighted by molar-refractivity contribution is -0.141. The first-order chi connectivity index (χ1) is 18.0. The van der Waals surface area contributed by atoms with Crippen molar-refractivity contribution in [2.75, 3.05) is 23.7 Å². The zero-order valence-electron chi connectivity index (χ0n) is 22.9. The lowest BCUT2D eigenvalue weighted by atomic mass is 10.1. The Kier molecular flexibility index (Phi) is 12.4. The number of hydrogen-bond donors (Lipinski definition) is 1. The second-order valence-electron chi connectivity index (χ2n) is 9.22. The summed E-state index contributed by atoms with van der Waals surface area (Å²) in [5.41, 5.74) is 1.24. The second-order valence-corrected chi connectivity index (χ2v) is 11.5. The Morgan fingerprint density at radius 2 is 1.68 bits per heavy atom. The van der Waals surface area contributed by atoms with E-state index in [4.69, 9.17) is 16.3 Å². The highest BCUT2D eigenvalue weighted by molar-refractivity contribution is 7.92. The summed E-state index contributed by atoms with van der Waals surface area (Å²) in [4.78, 5) is 28.2. The Morgan fingerprint density at radius 1 is 1.03 bits per heavy atom. The molecule has 0 heterocycles. The van der Waals surface area contributed by atoms with Gasteiger partial charge in [-0.1, -0.05) is 43.6 Å². The Balaban J connectivity index is 2.22. The fourth-order valence-corrected chi connectivity index (χ4v) is 5.21. The molecule has 2 aromatic rings. The lowest BCUT2D eigenvalue weighted by Crippen LogP contribution is -2.50. The van der Waals surface area contributed by atoms with E-state index in [-0.39, 0.29) is 43.8 Å². The van der Waals surface area contributed by atoms with Crippen molar-refractivity contribution in [3.05, 3.63) is 59.1 Å². The first-order valence-corrected chi connectivity index (χ1v) is 15.3. The van der Waals surface area contributed by atoms with Gasteiger partial charge in [-0.15, -0.1) is 0 Å². The summed E-state index contributed by atoms with van der Waals surface area (Å²) in [5.74, 6) is 0.196. The lowest BCUT2D eigenvalue weighted by Gasteiger charge is -2.32. The summed E-state index contributed by atoms with van der Waals surface area (Å²) < 4.78 is 31.8. The average molecular weight is 566 g/mol. The van der Waals surface area contributed by atoms with Crippen LogP contribution in [0.25, 0.3) is 0 Å². The molecule has 0 aliphatic rings. The summed E-state index contributed by atoms with van der Waals surface area (Å²) in [6.07, 6.45) is 2.69. The number of carbonyl (C=O) groups excluding carboxylic acids is 2. The molecule has 2 rings (SSSR count). The van der Waals surface area contributed by atoms with Crippen molar-refractivity contribution in [1.29, 1.82) is 0 Å². The zero-order valence-corrected chi connectivity index (χ0v) is 24.5. The van der Waals surface area contributed by atoms with E-state index >= 15 is 0 Å². The molecule has 0 aliphatic heterocycles. The van der Waals surface area contributed by atoms with E-state index in [9.17, 15) is 18.0 Å². The van der Waals surface area contributed by atoms with E-state index in [1.807, 2.05) is 45.9 Å². The normalized spacial score (nSPS) is 12.9. The van der Waals surface area contributed by atoms with E-state index in [1.165, 1.54) is 4.31 Å². The van der Waals surface area contributed by atoms with E-state index < -0.39 is 16.1 Å². The maximum absolute atomic E-state index is 13.5. The number of hydrogen-bond acceptors (Lipinski definition) is 5. The minimum Gasteiger partial charge on any atom is -0.494 e. The Labute approximate surface area is 232 Å². The molecule has 38 heavy (non-hydrogen) atoms. The molecular weight excluding hydrogens is 526 g/mol. The molecule has 10 heteroatoms. The molecular formula is C28H40ClN3O5S. The number of carbonyl (C=O) groups is 2. The molecule has 1 N–H and O–H groups in total. The molecule has 2 amide bonds. The predicted octanol–water partition coefficient (Wildman–Crippen LogP) is 5.01. The van der Waals surface area contributed by atoms with Gasteiger partial charge in [-0.25, -0.2) is 8.42 Å². The van der Waals surface area contributed by atoms with Crippen molar-refractivity contribution < 1.29 is 22.7 Å². The van der Waals surface area contributed by atoms with Gasteiger partial charge in [-0.2, -0.15) is 0 Å². The van der Waals surface area contributed by atoms with Crippen molar-refractivity contribution in [3.63, 3.8) is 0 Å². The summed E-state index contributed by atoms with van der Waals surface area (Å²) in [6.45, 7) is 8.46. The Bertz CT molecular complexity index is 1160. The van der Waals surface area contributed by atoms with Crippen molar-refractivity contribution in [3.8, 4) is 5.75 Å². The van der Waals surface area contributed by atoms with Crippen LogP contribution in [0.4, 0.5) is 5.69 Å². The Hall–Kier alpha value is -2.78. The molecule has 0 saturated heterocycles. The molecule has 0 fully saturated rings. The number of nitrogens with one attached hydrogen (secondary N) is 1. The smallest absolute Gasteiger partial charge is 0.243 e. The SMILES string of the molecule is CCOc1ccc(N(CCCC(=O)N(Cc2ccccc2Cl)[C@H](CC)C(=O)N[C@@H](C)CC)S(C)(=O)=O)cc1. The van der Waals surface area contributed by atoms with Crippen LogP contribution in [0.5, 0.6) is 5.75 Å². The number of sulfonamides is 1. The number of anilines is 1. The van der Waals surface area contributed by atoms with Crippen LogP contribution in [0.1, 0.15) is 58.9 Å². The van der Waals surface area contributed by atoms with Gasteiger partial charge in [-0.05, 0) is 69.0 Å². The first-order valence-electron chi connectivity index (χ1n) is 13.1. The fraction of sp³-hybridized carbons (Fsp3) is 0.500.